The fourth-order valence-electron chi connectivity index (χ4n) is 0.864. The van der Waals surface area contributed by atoms with E-state index in [1.54, 1.807) is 11.9 Å². The lowest BCUT2D eigenvalue weighted by atomic mass is 10.2. The molecule has 0 aliphatic carbocycles. The average Bonchev–Trinajstić information content (AvgIpc) is 2.01. The fourth-order valence-corrected chi connectivity index (χ4v) is 1.30. The van der Waals surface area contributed by atoms with Crippen molar-refractivity contribution in [1.29, 1.82) is 0 Å². The molecular formula is C9H13NS. The molecule has 1 aromatic rings. The van der Waals surface area contributed by atoms with E-state index in [4.69, 9.17) is 0 Å². The molecule has 1 rings (SSSR count). The van der Waals surface area contributed by atoms with E-state index in [9.17, 15) is 0 Å². The summed E-state index contributed by atoms with van der Waals surface area (Å²) < 4.78 is 3.25. The summed E-state index contributed by atoms with van der Waals surface area (Å²) in [7, 11) is 0. The number of hydrogen-bond acceptors (Lipinski definition) is 2. The summed E-state index contributed by atoms with van der Waals surface area (Å²) in [6.07, 6.45) is 0. The van der Waals surface area contributed by atoms with Gasteiger partial charge in [-0.2, -0.15) is 0 Å². The number of benzene rings is 1. The molecule has 0 aliphatic heterocycles. The zero-order chi connectivity index (χ0) is 8.10. The molecule has 0 amide bonds. The molecule has 0 saturated heterocycles. The third-order valence-corrected chi connectivity index (χ3v) is 2.02. The van der Waals surface area contributed by atoms with E-state index < -0.39 is 0 Å². The maximum atomic E-state index is 3.25. The minimum Gasteiger partial charge on any atom is -0.330 e. The Bertz CT molecular complexity index is 223. The van der Waals surface area contributed by atoms with Gasteiger partial charge in [0.25, 0.3) is 0 Å². The van der Waals surface area contributed by atoms with Crippen LogP contribution in [0.4, 0.5) is 5.69 Å². The van der Waals surface area contributed by atoms with Crippen LogP contribution in [-0.2, 0) is 0 Å². The van der Waals surface area contributed by atoms with Crippen molar-refractivity contribution in [2.24, 2.45) is 0 Å². The highest BCUT2D eigenvalue weighted by Crippen LogP contribution is 2.13. The SMILES string of the molecule is CCSNc1cccc(C)c1. The van der Waals surface area contributed by atoms with E-state index in [1.807, 2.05) is 0 Å². The standard InChI is InChI=1S/C9H13NS/c1-3-11-10-9-6-4-5-8(2)7-9/h4-7,10H,3H2,1-2H3. The molecular weight excluding hydrogens is 154 g/mol. The van der Waals surface area contributed by atoms with Crippen molar-refractivity contribution in [1.82, 2.24) is 0 Å². The molecule has 2 heteroatoms. The molecule has 0 heterocycles. The van der Waals surface area contributed by atoms with Crippen LogP contribution in [0.3, 0.4) is 0 Å². The topological polar surface area (TPSA) is 12.0 Å². The van der Waals surface area contributed by atoms with Crippen molar-refractivity contribution in [3.05, 3.63) is 29.8 Å². The van der Waals surface area contributed by atoms with Crippen molar-refractivity contribution in [3.8, 4) is 0 Å². The van der Waals surface area contributed by atoms with Gasteiger partial charge in [-0.25, -0.2) is 0 Å². The molecule has 1 aromatic carbocycles. The maximum absolute atomic E-state index is 3.25. The molecule has 0 radical (unpaired) electrons. The minimum absolute atomic E-state index is 1.09. The summed E-state index contributed by atoms with van der Waals surface area (Å²) in [6, 6.07) is 8.38. The zero-order valence-electron chi connectivity index (χ0n) is 6.92. The number of nitrogens with one attached hydrogen (secondary N) is 1. The number of aryl methyl sites for hydroxylation is 1. The van der Waals surface area contributed by atoms with Crippen molar-refractivity contribution >= 4 is 17.6 Å². The average molecular weight is 167 g/mol. The molecule has 0 bridgehead atoms. The van der Waals surface area contributed by atoms with Crippen LogP contribution in [0.25, 0.3) is 0 Å². The highest BCUT2D eigenvalue weighted by atomic mass is 32.2. The van der Waals surface area contributed by atoms with Crippen molar-refractivity contribution in [2.45, 2.75) is 13.8 Å². The summed E-state index contributed by atoms with van der Waals surface area (Å²) in [5.41, 5.74) is 2.49. The van der Waals surface area contributed by atoms with Gasteiger partial charge in [0, 0.05) is 11.4 Å². The Morgan fingerprint density at radius 2 is 2.27 bits per heavy atom. The van der Waals surface area contributed by atoms with Gasteiger partial charge in [0.05, 0.1) is 0 Å². The van der Waals surface area contributed by atoms with Crippen LogP contribution in [-0.4, -0.2) is 5.75 Å². The molecule has 1 N–H and O–H groups in total. The molecule has 0 spiro atoms. The number of rotatable bonds is 3. The van der Waals surface area contributed by atoms with Gasteiger partial charge in [0.1, 0.15) is 0 Å². The van der Waals surface area contributed by atoms with Crippen LogP contribution in [0.1, 0.15) is 12.5 Å². The van der Waals surface area contributed by atoms with Gasteiger partial charge in [-0.3, -0.25) is 0 Å². The second-order valence-electron chi connectivity index (χ2n) is 2.40. The van der Waals surface area contributed by atoms with Gasteiger partial charge >= 0.3 is 0 Å². The Hall–Kier alpha value is -0.630. The van der Waals surface area contributed by atoms with E-state index in [1.165, 1.54) is 11.3 Å². The quantitative estimate of drug-likeness (QED) is 0.694. The molecule has 0 unspecified atom stereocenters. The van der Waals surface area contributed by atoms with Gasteiger partial charge in [-0.1, -0.05) is 31.0 Å². The Kier molecular flexibility index (Phi) is 3.30. The van der Waals surface area contributed by atoms with Crippen molar-refractivity contribution in [2.75, 3.05) is 10.5 Å². The van der Waals surface area contributed by atoms with Crippen LogP contribution < -0.4 is 4.72 Å². The highest BCUT2D eigenvalue weighted by Gasteiger charge is 1.89. The van der Waals surface area contributed by atoms with Gasteiger partial charge in [0.15, 0.2) is 0 Å². The van der Waals surface area contributed by atoms with Gasteiger partial charge in [-0.05, 0) is 24.6 Å². The van der Waals surface area contributed by atoms with E-state index in [-0.39, 0.29) is 0 Å². The molecule has 0 fully saturated rings. The normalized spacial score (nSPS) is 9.64. The van der Waals surface area contributed by atoms with Crippen LogP contribution in [0.15, 0.2) is 24.3 Å². The monoisotopic (exact) mass is 167 g/mol. The maximum Gasteiger partial charge on any atom is 0.0442 e. The Balaban J connectivity index is 2.56. The summed E-state index contributed by atoms with van der Waals surface area (Å²) in [4.78, 5) is 0. The molecule has 0 aliphatic rings. The van der Waals surface area contributed by atoms with E-state index in [0.717, 1.165) is 5.75 Å². The van der Waals surface area contributed by atoms with Crippen LogP contribution in [0, 0.1) is 6.92 Å². The fraction of sp³-hybridized carbons (Fsp3) is 0.333. The zero-order valence-corrected chi connectivity index (χ0v) is 7.74. The molecule has 60 valence electrons. The van der Waals surface area contributed by atoms with Gasteiger partial charge in [-0.15, -0.1) is 0 Å². The first kappa shape index (κ1) is 8.47. The summed E-state index contributed by atoms with van der Waals surface area (Å²) in [6.45, 7) is 4.23. The lowest BCUT2D eigenvalue weighted by Gasteiger charge is -2.03. The van der Waals surface area contributed by atoms with Crippen LogP contribution in [0.5, 0.6) is 0 Å². The Morgan fingerprint density at radius 1 is 1.45 bits per heavy atom. The molecule has 0 saturated carbocycles. The molecule has 11 heavy (non-hydrogen) atoms. The molecule has 0 atom stereocenters. The van der Waals surface area contributed by atoms with Crippen LogP contribution in [0.2, 0.25) is 0 Å². The van der Waals surface area contributed by atoms with E-state index >= 15 is 0 Å². The van der Waals surface area contributed by atoms with Gasteiger partial charge in [0.2, 0.25) is 0 Å². The predicted molar refractivity (Wildman–Crippen MR) is 52.9 cm³/mol. The minimum atomic E-state index is 1.09. The summed E-state index contributed by atoms with van der Waals surface area (Å²) >= 11 is 1.72. The first-order valence-electron chi connectivity index (χ1n) is 3.77. The third-order valence-electron chi connectivity index (χ3n) is 1.35. The summed E-state index contributed by atoms with van der Waals surface area (Å²) in [5, 5.41) is 0. The van der Waals surface area contributed by atoms with Crippen molar-refractivity contribution in [3.63, 3.8) is 0 Å². The highest BCUT2D eigenvalue weighted by molar-refractivity contribution is 8.00. The predicted octanol–water partition coefficient (Wildman–Crippen LogP) is 3.08. The van der Waals surface area contributed by atoms with Gasteiger partial charge < -0.3 is 4.72 Å². The Labute approximate surface area is 72.3 Å². The van der Waals surface area contributed by atoms with E-state index in [2.05, 4.69) is 42.8 Å². The number of anilines is 1. The largest absolute Gasteiger partial charge is 0.330 e. The summed E-state index contributed by atoms with van der Waals surface area (Å²) in [5.74, 6) is 1.09. The van der Waals surface area contributed by atoms with E-state index in [0.29, 0.717) is 0 Å². The lowest BCUT2D eigenvalue weighted by molar-refractivity contribution is 1.47. The second kappa shape index (κ2) is 4.29. The lowest BCUT2D eigenvalue weighted by Crippen LogP contribution is -1.86. The molecule has 0 aromatic heterocycles. The first-order chi connectivity index (χ1) is 5.33. The second-order valence-corrected chi connectivity index (χ2v) is 3.47. The first-order valence-corrected chi connectivity index (χ1v) is 4.76. The smallest absolute Gasteiger partial charge is 0.0442 e. The van der Waals surface area contributed by atoms with Crippen molar-refractivity contribution < 1.29 is 0 Å². The molecule has 1 nitrogen and oxygen atoms in total. The Morgan fingerprint density at radius 3 is 2.91 bits per heavy atom. The number of hydrogen-bond donors (Lipinski definition) is 1. The van der Waals surface area contributed by atoms with Crippen LogP contribution >= 0.6 is 11.9 Å². The third kappa shape index (κ3) is 2.85.